The first-order valence-electron chi connectivity index (χ1n) is 6.78. The Labute approximate surface area is 113 Å². The topological polar surface area (TPSA) is 60.6 Å². The molecule has 6 nitrogen and oxygen atoms in total. The van der Waals surface area contributed by atoms with Crippen LogP contribution in [-0.4, -0.2) is 31.1 Å². The zero-order valence-corrected chi connectivity index (χ0v) is 11.9. The minimum Gasteiger partial charge on any atom is -0.333 e. The highest BCUT2D eigenvalue weighted by molar-refractivity contribution is 5.08. The molecule has 0 radical (unpaired) electrons. The molecular formula is C13H22N6. The van der Waals surface area contributed by atoms with E-state index in [-0.39, 0.29) is 0 Å². The maximum atomic E-state index is 4.29. The van der Waals surface area contributed by atoms with Gasteiger partial charge in [-0.1, -0.05) is 12.1 Å². The number of hydrogen-bond acceptors (Lipinski definition) is 4. The molecule has 0 spiro atoms. The van der Waals surface area contributed by atoms with E-state index in [0.29, 0.717) is 0 Å². The van der Waals surface area contributed by atoms with Gasteiger partial charge in [-0.15, -0.1) is 5.10 Å². The molecule has 1 N–H and O–H groups in total. The van der Waals surface area contributed by atoms with Crippen molar-refractivity contribution in [2.24, 2.45) is 0 Å². The summed E-state index contributed by atoms with van der Waals surface area (Å²) in [4.78, 5) is 4.29. The van der Waals surface area contributed by atoms with Gasteiger partial charge in [-0.3, -0.25) is 4.68 Å². The molecule has 2 heterocycles. The van der Waals surface area contributed by atoms with Crippen molar-refractivity contribution in [3.8, 4) is 0 Å². The number of imidazole rings is 1. The Hall–Kier alpha value is -1.69. The van der Waals surface area contributed by atoms with Gasteiger partial charge in [-0.2, -0.15) is 0 Å². The SMILES string of the molecule is CCCNCc1cn(CCn2cnc(C)c2C)nn1. The van der Waals surface area contributed by atoms with Crippen LogP contribution < -0.4 is 5.32 Å². The van der Waals surface area contributed by atoms with Gasteiger partial charge in [0, 0.05) is 25.0 Å². The Balaban J connectivity index is 1.84. The van der Waals surface area contributed by atoms with E-state index in [1.54, 1.807) is 0 Å². The molecular weight excluding hydrogens is 240 g/mol. The van der Waals surface area contributed by atoms with Gasteiger partial charge in [0.1, 0.15) is 0 Å². The average molecular weight is 262 g/mol. The fourth-order valence-electron chi connectivity index (χ4n) is 1.90. The van der Waals surface area contributed by atoms with Crippen LogP contribution in [0.3, 0.4) is 0 Å². The van der Waals surface area contributed by atoms with E-state index >= 15 is 0 Å². The van der Waals surface area contributed by atoms with Crippen LogP contribution in [-0.2, 0) is 19.6 Å². The molecule has 0 saturated heterocycles. The number of aryl methyl sites for hydroxylation is 3. The molecule has 0 aliphatic carbocycles. The number of rotatable bonds is 7. The van der Waals surface area contributed by atoms with Crippen molar-refractivity contribution in [2.75, 3.05) is 6.54 Å². The lowest BCUT2D eigenvalue weighted by Gasteiger charge is -2.04. The first-order chi connectivity index (χ1) is 9.20. The van der Waals surface area contributed by atoms with E-state index in [2.05, 4.69) is 39.0 Å². The third-order valence-corrected chi connectivity index (χ3v) is 3.23. The van der Waals surface area contributed by atoms with Crippen molar-refractivity contribution >= 4 is 0 Å². The first kappa shape index (κ1) is 13.7. The van der Waals surface area contributed by atoms with E-state index in [4.69, 9.17) is 0 Å². The summed E-state index contributed by atoms with van der Waals surface area (Å²) in [5, 5.41) is 11.6. The molecule has 0 amide bonds. The number of nitrogens with zero attached hydrogens (tertiary/aromatic N) is 5. The second kappa shape index (κ2) is 6.47. The van der Waals surface area contributed by atoms with Gasteiger partial charge in [-0.25, -0.2) is 4.98 Å². The van der Waals surface area contributed by atoms with Crippen molar-refractivity contribution in [1.82, 2.24) is 29.9 Å². The molecule has 104 valence electrons. The fraction of sp³-hybridized carbons (Fsp3) is 0.615. The largest absolute Gasteiger partial charge is 0.333 e. The predicted octanol–water partition coefficient (Wildman–Crippen LogP) is 1.29. The van der Waals surface area contributed by atoms with Crippen molar-refractivity contribution in [1.29, 1.82) is 0 Å². The quantitative estimate of drug-likeness (QED) is 0.764. The van der Waals surface area contributed by atoms with Gasteiger partial charge in [0.2, 0.25) is 0 Å². The highest BCUT2D eigenvalue weighted by Gasteiger charge is 2.03. The number of aromatic nitrogens is 5. The van der Waals surface area contributed by atoms with Gasteiger partial charge in [0.25, 0.3) is 0 Å². The van der Waals surface area contributed by atoms with Crippen LogP contribution in [0.4, 0.5) is 0 Å². The van der Waals surface area contributed by atoms with E-state index in [0.717, 1.165) is 44.0 Å². The highest BCUT2D eigenvalue weighted by Crippen LogP contribution is 2.04. The summed E-state index contributed by atoms with van der Waals surface area (Å²) in [6, 6.07) is 0. The van der Waals surface area contributed by atoms with Crippen LogP contribution in [0, 0.1) is 13.8 Å². The molecule has 0 saturated carbocycles. The summed E-state index contributed by atoms with van der Waals surface area (Å²) in [6.07, 6.45) is 5.01. The minimum absolute atomic E-state index is 0.789. The summed E-state index contributed by atoms with van der Waals surface area (Å²) in [7, 11) is 0. The Bertz CT molecular complexity index is 513. The van der Waals surface area contributed by atoms with Crippen LogP contribution >= 0.6 is 0 Å². The van der Waals surface area contributed by atoms with Crippen molar-refractivity contribution < 1.29 is 0 Å². The Kier molecular flexibility index (Phi) is 4.68. The van der Waals surface area contributed by atoms with Gasteiger partial charge in [-0.05, 0) is 26.8 Å². The van der Waals surface area contributed by atoms with Crippen molar-refractivity contribution in [3.63, 3.8) is 0 Å². The molecule has 0 fully saturated rings. The van der Waals surface area contributed by atoms with Crippen LogP contribution in [0.1, 0.15) is 30.4 Å². The summed E-state index contributed by atoms with van der Waals surface area (Å²) in [5.41, 5.74) is 3.29. The first-order valence-corrected chi connectivity index (χ1v) is 6.78. The maximum Gasteiger partial charge on any atom is 0.0964 e. The summed E-state index contributed by atoms with van der Waals surface area (Å²) < 4.78 is 4.03. The van der Waals surface area contributed by atoms with Gasteiger partial charge in [0.15, 0.2) is 0 Å². The maximum absolute atomic E-state index is 4.29. The van der Waals surface area contributed by atoms with E-state index < -0.39 is 0 Å². The van der Waals surface area contributed by atoms with Crippen molar-refractivity contribution in [2.45, 2.75) is 46.8 Å². The third kappa shape index (κ3) is 3.64. The normalized spacial score (nSPS) is 11.1. The van der Waals surface area contributed by atoms with Crippen LogP contribution in [0.5, 0.6) is 0 Å². The van der Waals surface area contributed by atoms with Gasteiger partial charge >= 0.3 is 0 Å². The molecule has 0 aliphatic heterocycles. The predicted molar refractivity (Wildman–Crippen MR) is 73.7 cm³/mol. The molecule has 0 bridgehead atoms. The molecule has 2 aromatic heterocycles. The molecule has 2 rings (SSSR count). The summed E-state index contributed by atoms with van der Waals surface area (Å²) in [6.45, 7) is 9.76. The lowest BCUT2D eigenvalue weighted by Crippen LogP contribution is -2.14. The molecule has 0 aliphatic rings. The lowest BCUT2D eigenvalue weighted by molar-refractivity contribution is 0.513. The standard InChI is InChI=1S/C13H22N6/c1-4-5-14-8-13-9-19(17-16-13)7-6-18-10-15-11(2)12(18)3/h9-10,14H,4-8H2,1-3H3. The molecule has 6 heteroatoms. The molecule has 0 unspecified atom stereocenters. The Morgan fingerprint density at radius 3 is 2.79 bits per heavy atom. The second-order valence-electron chi connectivity index (χ2n) is 4.76. The fourth-order valence-corrected chi connectivity index (χ4v) is 1.90. The molecule has 0 aromatic carbocycles. The van der Waals surface area contributed by atoms with Gasteiger partial charge < -0.3 is 9.88 Å². The van der Waals surface area contributed by atoms with Crippen molar-refractivity contribution in [3.05, 3.63) is 29.6 Å². The zero-order chi connectivity index (χ0) is 13.7. The Morgan fingerprint density at radius 1 is 1.26 bits per heavy atom. The molecule has 0 atom stereocenters. The van der Waals surface area contributed by atoms with Crippen LogP contribution in [0.25, 0.3) is 0 Å². The minimum atomic E-state index is 0.789. The molecule has 19 heavy (non-hydrogen) atoms. The number of nitrogens with one attached hydrogen (secondary N) is 1. The second-order valence-corrected chi connectivity index (χ2v) is 4.76. The summed E-state index contributed by atoms with van der Waals surface area (Å²) in [5.74, 6) is 0. The van der Waals surface area contributed by atoms with E-state index in [9.17, 15) is 0 Å². The third-order valence-electron chi connectivity index (χ3n) is 3.23. The summed E-state index contributed by atoms with van der Waals surface area (Å²) >= 11 is 0. The van der Waals surface area contributed by atoms with E-state index in [1.807, 2.05) is 24.1 Å². The van der Waals surface area contributed by atoms with Gasteiger partial charge in [0.05, 0.1) is 24.3 Å². The van der Waals surface area contributed by atoms with Crippen LogP contribution in [0.15, 0.2) is 12.5 Å². The van der Waals surface area contributed by atoms with E-state index in [1.165, 1.54) is 5.69 Å². The smallest absolute Gasteiger partial charge is 0.0964 e. The average Bonchev–Trinajstić information content (AvgIpc) is 2.97. The number of hydrogen-bond donors (Lipinski definition) is 1. The Morgan fingerprint density at radius 2 is 2.11 bits per heavy atom. The van der Waals surface area contributed by atoms with Crippen LogP contribution in [0.2, 0.25) is 0 Å². The molecule has 2 aromatic rings. The monoisotopic (exact) mass is 262 g/mol. The lowest BCUT2D eigenvalue weighted by atomic mass is 10.4. The zero-order valence-electron chi connectivity index (χ0n) is 11.9. The highest BCUT2D eigenvalue weighted by atomic mass is 15.4.